The fraction of sp³-hybridized carbons (Fsp3) is 0.364. The number of rotatable bonds is 3. The Kier molecular flexibility index (Phi) is 2.94. The fourth-order valence-electron chi connectivity index (χ4n) is 5.20. The van der Waals surface area contributed by atoms with Gasteiger partial charge in [-0.1, -0.05) is 59.8 Å². The van der Waals surface area contributed by atoms with E-state index in [1.807, 2.05) is 42.5 Å². The number of fused-ring (bicyclic) bond motifs is 3. The predicted octanol–water partition coefficient (Wildman–Crippen LogP) is 5.27. The summed E-state index contributed by atoms with van der Waals surface area (Å²) in [5, 5.41) is 8.78. The van der Waals surface area contributed by atoms with Gasteiger partial charge >= 0.3 is 6.18 Å². The van der Waals surface area contributed by atoms with E-state index in [4.69, 9.17) is 0 Å². The molecule has 6 rings (SSSR count). The molecule has 3 aromatic rings. The largest absolute Gasteiger partial charge is 0.397 e. The highest BCUT2D eigenvalue weighted by Crippen LogP contribution is 2.72. The lowest BCUT2D eigenvalue weighted by Crippen LogP contribution is -2.50. The highest BCUT2D eigenvalue weighted by Gasteiger charge is 2.77. The SMILES string of the molecule is FC(F)(F)C1(C2(c3ccccc3)c3ccccc3-c3c(C4CC4)nnn32)CC1. The number of halogens is 3. The third-order valence-corrected chi connectivity index (χ3v) is 6.73. The van der Waals surface area contributed by atoms with Crippen LogP contribution >= 0.6 is 0 Å². The van der Waals surface area contributed by atoms with E-state index in [-0.39, 0.29) is 12.8 Å². The van der Waals surface area contributed by atoms with Crippen LogP contribution in [0.2, 0.25) is 0 Å². The smallest absolute Gasteiger partial charge is 0.228 e. The molecular weight excluding hydrogens is 363 g/mol. The van der Waals surface area contributed by atoms with Crippen LogP contribution in [0.5, 0.6) is 0 Å². The molecule has 0 bridgehead atoms. The summed E-state index contributed by atoms with van der Waals surface area (Å²) in [6.07, 6.45) is -2.11. The monoisotopic (exact) mass is 381 g/mol. The molecule has 28 heavy (non-hydrogen) atoms. The number of hydrogen-bond donors (Lipinski definition) is 0. The Balaban J connectivity index is 1.76. The van der Waals surface area contributed by atoms with Crippen molar-refractivity contribution >= 4 is 0 Å². The Morgan fingerprint density at radius 1 is 0.929 bits per heavy atom. The van der Waals surface area contributed by atoms with Crippen LogP contribution < -0.4 is 0 Å². The van der Waals surface area contributed by atoms with E-state index in [2.05, 4.69) is 10.3 Å². The van der Waals surface area contributed by atoms with Crippen molar-refractivity contribution in [2.24, 2.45) is 5.41 Å². The summed E-state index contributed by atoms with van der Waals surface area (Å²) >= 11 is 0. The van der Waals surface area contributed by atoms with Gasteiger partial charge in [0.1, 0.15) is 5.54 Å². The molecule has 1 unspecified atom stereocenters. The van der Waals surface area contributed by atoms with Gasteiger partial charge in [0, 0.05) is 11.5 Å². The summed E-state index contributed by atoms with van der Waals surface area (Å²) in [6.45, 7) is 0. The highest BCUT2D eigenvalue weighted by atomic mass is 19.4. The summed E-state index contributed by atoms with van der Waals surface area (Å²) in [6, 6.07) is 16.6. The van der Waals surface area contributed by atoms with Gasteiger partial charge in [-0.25, -0.2) is 4.68 Å². The first-order valence-electron chi connectivity index (χ1n) is 9.69. The summed E-state index contributed by atoms with van der Waals surface area (Å²) in [5.74, 6) is 0.310. The van der Waals surface area contributed by atoms with E-state index in [0.29, 0.717) is 17.0 Å². The van der Waals surface area contributed by atoms with Crippen LogP contribution in [0.15, 0.2) is 54.6 Å². The van der Waals surface area contributed by atoms with Crippen LogP contribution in [0.3, 0.4) is 0 Å². The van der Waals surface area contributed by atoms with Crippen molar-refractivity contribution in [3.05, 3.63) is 71.4 Å². The maximum absolute atomic E-state index is 14.6. The second-order valence-corrected chi connectivity index (χ2v) is 8.21. The Morgan fingerprint density at radius 2 is 1.61 bits per heavy atom. The van der Waals surface area contributed by atoms with Gasteiger partial charge in [0.05, 0.1) is 16.8 Å². The van der Waals surface area contributed by atoms with Gasteiger partial charge in [0.25, 0.3) is 0 Å². The Bertz CT molecular complexity index is 1080. The van der Waals surface area contributed by atoms with E-state index in [9.17, 15) is 13.2 Å². The van der Waals surface area contributed by atoms with Crippen LogP contribution in [-0.4, -0.2) is 21.2 Å². The van der Waals surface area contributed by atoms with Gasteiger partial charge < -0.3 is 0 Å². The highest BCUT2D eigenvalue weighted by molar-refractivity contribution is 5.76. The third kappa shape index (κ3) is 1.77. The topological polar surface area (TPSA) is 30.7 Å². The van der Waals surface area contributed by atoms with Crippen molar-refractivity contribution in [3.63, 3.8) is 0 Å². The molecule has 0 saturated heterocycles. The number of aromatic nitrogens is 3. The van der Waals surface area contributed by atoms with Crippen LogP contribution in [0.25, 0.3) is 11.3 Å². The molecule has 1 atom stereocenters. The molecule has 142 valence electrons. The Labute approximate surface area is 160 Å². The summed E-state index contributed by atoms with van der Waals surface area (Å²) in [5.41, 5.74) is 0.524. The van der Waals surface area contributed by atoms with Crippen molar-refractivity contribution in [2.45, 2.75) is 43.3 Å². The van der Waals surface area contributed by atoms with E-state index in [1.165, 1.54) is 0 Å². The van der Waals surface area contributed by atoms with Crippen LogP contribution in [0.1, 0.15) is 48.4 Å². The zero-order chi connectivity index (χ0) is 19.1. The number of alkyl halides is 3. The third-order valence-electron chi connectivity index (χ3n) is 6.73. The molecule has 0 spiro atoms. The van der Waals surface area contributed by atoms with Crippen LogP contribution in [-0.2, 0) is 5.54 Å². The normalized spacial score (nSPS) is 24.7. The predicted molar refractivity (Wildman–Crippen MR) is 97.8 cm³/mol. The van der Waals surface area contributed by atoms with E-state index in [1.54, 1.807) is 16.8 Å². The van der Waals surface area contributed by atoms with Crippen molar-refractivity contribution in [2.75, 3.05) is 0 Å². The minimum atomic E-state index is -4.34. The molecule has 2 saturated carbocycles. The van der Waals surface area contributed by atoms with Crippen molar-refractivity contribution in [1.29, 1.82) is 0 Å². The molecule has 0 N–H and O–H groups in total. The van der Waals surface area contributed by atoms with E-state index >= 15 is 0 Å². The van der Waals surface area contributed by atoms with Crippen molar-refractivity contribution in [1.82, 2.24) is 15.0 Å². The molecule has 2 aromatic carbocycles. The molecule has 0 amide bonds. The minimum absolute atomic E-state index is 0.0950. The molecule has 3 nitrogen and oxygen atoms in total. The quantitative estimate of drug-likeness (QED) is 0.619. The number of benzene rings is 2. The van der Waals surface area contributed by atoms with Gasteiger partial charge in [-0.2, -0.15) is 13.2 Å². The standard InChI is InChI=1S/C22H18F3N3/c23-22(24,25)20(12-13-20)21(15-6-2-1-3-7-15)17-9-5-4-8-16(17)19-18(14-10-11-14)26-27-28(19)21/h1-9,14H,10-13H2. The minimum Gasteiger partial charge on any atom is -0.228 e. The van der Waals surface area contributed by atoms with Gasteiger partial charge in [0.15, 0.2) is 0 Å². The number of hydrogen-bond acceptors (Lipinski definition) is 2. The maximum Gasteiger partial charge on any atom is 0.397 e. The lowest BCUT2D eigenvalue weighted by molar-refractivity contribution is -0.208. The zero-order valence-corrected chi connectivity index (χ0v) is 15.1. The van der Waals surface area contributed by atoms with Gasteiger partial charge in [0.2, 0.25) is 0 Å². The molecular formula is C22H18F3N3. The molecule has 3 aliphatic rings. The van der Waals surface area contributed by atoms with Gasteiger partial charge in [-0.15, -0.1) is 5.10 Å². The first-order valence-corrected chi connectivity index (χ1v) is 9.69. The lowest BCUT2D eigenvalue weighted by atomic mass is 9.70. The molecule has 2 fully saturated rings. The Hall–Kier alpha value is -2.63. The summed E-state index contributed by atoms with van der Waals surface area (Å²) < 4.78 is 45.4. The lowest BCUT2D eigenvalue weighted by Gasteiger charge is -2.41. The summed E-state index contributed by atoms with van der Waals surface area (Å²) in [7, 11) is 0. The van der Waals surface area contributed by atoms with Crippen molar-refractivity contribution in [3.8, 4) is 11.3 Å². The second kappa shape index (κ2) is 5.04. The summed E-state index contributed by atoms with van der Waals surface area (Å²) in [4.78, 5) is 0. The molecule has 6 heteroatoms. The molecule has 0 radical (unpaired) electrons. The van der Waals surface area contributed by atoms with Crippen molar-refractivity contribution < 1.29 is 13.2 Å². The zero-order valence-electron chi connectivity index (χ0n) is 15.1. The molecule has 1 aliphatic heterocycles. The average molecular weight is 381 g/mol. The first kappa shape index (κ1) is 16.3. The maximum atomic E-state index is 14.6. The van der Waals surface area contributed by atoms with Crippen LogP contribution in [0.4, 0.5) is 13.2 Å². The molecule has 2 aliphatic carbocycles. The van der Waals surface area contributed by atoms with Gasteiger partial charge in [-0.05, 0) is 36.8 Å². The van der Waals surface area contributed by atoms with Crippen LogP contribution in [0, 0.1) is 5.41 Å². The average Bonchev–Trinajstić information content (AvgIpc) is 3.61. The van der Waals surface area contributed by atoms with Gasteiger partial charge in [-0.3, -0.25) is 0 Å². The Morgan fingerprint density at radius 3 is 2.25 bits per heavy atom. The second-order valence-electron chi connectivity index (χ2n) is 8.21. The van der Waals surface area contributed by atoms with E-state index < -0.39 is 17.1 Å². The van der Waals surface area contributed by atoms with E-state index in [0.717, 1.165) is 29.8 Å². The fourth-order valence-corrected chi connectivity index (χ4v) is 5.20. The first-order chi connectivity index (χ1) is 13.5. The molecule has 2 heterocycles. The molecule has 1 aromatic heterocycles. The number of nitrogens with zero attached hydrogens (tertiary/aromatic N) is 3.